The third kappa shape index (κ3) is 5.34. The Morgan fingerprint density at radius 3 is 2.57 bits per heavy atom. The number of amides is 1. The van der Waals surface area contributed by atoms with Crippen LogP contribution in [-0.4, -0.2) is 52.5 Å². The van der Waals surface area contributed by atoms with Crippen molar-refractivity contribution in [3.8, 4) is 0 Å². The van der Waals surface area contributed by atoms with E-state index in [4.69, 9.17) is 10.5 Å². The number of aromatic nitrogens is 2. The van der Waals surface area contributed by atoms with Crippen LogP contribution in [0.2, 0.25) is 0 Å². The highest BCUT2D eigenvalue weighted by Gasteiger charge is 2.34. The summed E-state index contributed by atoms with van der Waals surface area (Å²) in [6, 6.07) is 3.94. The zero-order chi connectivity index (χ0) is 20.3. The highest BCUT2D eigenvalue weighted by molar-refractivity contribution is 5.68. The first-order valence-electron chi connectivity index (χ1n) is 10.6. The number of nitrogens with zero attached hydrogens (tertiary/aromatic N) is 4. The maximum absolute atomic E-state index is 12.9. The molecule has 0 spiro atoms. The van der Waals surface area contributed by atoms with Gasteiger partial charge in [0.05, 0.1) is 11.7 Å². The number of nitrogens with two attached hydrogens (primary N) is 1. The molecular formula is C21H35N5O2. The lowest BCUT2D eigenvalue weighted by Gasteiger charge is -2.42. The molecule has 1 aliphatic carbocycles. The summed E-state index contributed by atoms with van der Waals surface area (Å²) >= 11 is 0. The molecule has 7 nitrogen and oxygen atoms in total. The second-order valence-electron chi connectivity index (χ2n) is 9.28. The van der Waals surface area contributed by atoms with Crippen LogP contribution in [0.4, 0.5) is 10.6 Å². The third-order valence-corrected chi connectivity index (χ3v) is 5.61. The van der Waals surface area contributed by atoms with Crippen LogP contribution in [0.15, 0.2) is 12.1 Å². The van der Waals surface area contributed by atoms with Crippen molar-refractivity contribution < 1.29 is 9.53 Å². The van der Waals surface area contributed by atoms with Gasteiger partial charge in [-0.05, 0) is 71.4 Å². The Morgan fingerprint density at radius 1 is 1.29 bits per heavy atom. The Bertz CT molecular complexity index is 652. The fourth-order valence-corrected chi connectivity index (χ4v) is 3.81. The van der Waals surface area contributed by atoms with Crippen molar-refractivity contribution in [1.29, 1.82) is 0 Å². The molecule has 1 saturated heterocycles. The highest BCUT2D eigenvalue weighted by atomic mass is 16.6. The molecule has 0 aromatic carbocycles. The maximum atomic E-state index is 12.9. The van der Waals surface area contributed by atoms with Crippen LogP contribution < -0.4 is 10.6 Å². The molecule has 2 aliphatic rings. The van der Waals surface area contributed by atoms with E-state index in [0.29, 0.717) is 5.92 Å². The molecule has 0 bridgehead atoms. The van der Waals surface area contributed by atoms with Gasteiger partial charge < -0.3 is 20.3 Å². The van der Waals surface area contributed by atoms with Crippen LogP contribution in [0.1, 0.15) is 71.5 Å². The number of anilines is 1. The minimum atomic E-state index is -0.483. The first-order valence-corrected chi connectivity index (χ1v) is 10.6. The van der Waals surface area contributed by atoms with E-state index in [1.807, 2.05) is 44.7 Å². The third-order valence-electron chi connectivity index (χ3n) is 5.61. The summed E-state index contributed by atoms with van der Waals surface area (Å²) in [5.74, 6) is 1.45. The zero-order valence-corrected chi connectivity index (χ0v) is 17.7. The van der Waals surface area contributed by atoms with Gasteiger partial charge in [0.2, 0.25) is 0 Å². The second-order valence-corrected chi connectivity index (χ2v) is 9.28. The summed E-state index contributed by atoms with van der Waals surface area (Å²) in [5, 5.41) is 8.63. The van der Waals surface area contributed by atoms with Gasteiger partial charge in [-0.15, -0.1) is 5.10 Å². The van der Waals surface area contributed by atoms with Crippen molar-refractivity contribution in [1.82, 2.24) is 15.1 Å². The van der Waals surface area contributed by atoms with E-state index in [-0.39, 0.29) is 18.2 Å². The zero-order valence-electron chi connectivity index (χ0n) is 17.7. The fraction of sp³-hybridized carbons (Fsp3) is 0.762. The van der Waals surface area contributed by atoms with Crippen molar-refractivity contribution in [3.05, 3.63) is 17.8 Å². The number of hydrogen-bond donors (Lipinski definition) is 1. The topological polar surface area (TPSA) is 84.6 Å². The van der Waals surface area contributed by atoms with Gasteiger partial charge in [0.1, 0.15) is 5.60 Å². The molecule has 1 aliphatic heterocycles. The van der Waals surface area contributed by atoms with Gasteiger partial charge in [0.15, 0.2) is 5.82 Å². The van der Waals surface area contributed by atoms with Gasteiger partial charge >= 0.3 is 6.09 Å². The summed E-state index contributed by atoms with van der Waals surface area (Å²) in [6.07, 6.45) is 5.51. The van der Waals surface area contributed by atoms with Crippen molar-refractivity contribution in [2.45, 2.75) is 77.5 Å². The van der Waals surface area contributed by atoms with Crippen LogP contribution in [-0.2, 0) is 4.74 Å². The molecule has 2 N–H and O–H groups in total. The maximum Gasteiger partial charge on any atom is 0.410 e. The van der Waals surface area contributed by atoms with E-state index >= 15 is 0 Å². The van der Waals surface area contributed by atoms with E-state index in [1.165, 1.54) is 19.3 Å². The Labute approximate surface area is 168 Å². The molecular weight excluding hydrogens is 354 g/mol. The van der Waals surface area contributed by atoms with Gasteiger partial charge in [-0.3, -0.25) is 0 Å². The predicted molar refractivity (Wildman–Crippen MR) is 110 cm³/mol. The lowest BCUT2D eigenvalue weighted by atomic mass is 9.84. The van der Waals surface area contributed by atoms with Gasteiger partial charge in [0, 0.05) is 25.7 Å². The molecule has 7 heteroatoms. The predicted octanol–water partition coefficient (Wildman–Crippen LogP) is 3.50. The van der Waals surface area contributed by atoms with Crippen LogP contribution in [0.3, 0.4) is 0 Å². The lowest BCUT2D eigenvalue weighted by molar-refractivity contribution is 0.00733. The largest absolute Gasteiger partial charge is 0.444 e. The van der Waals surface area contributed by atoms with Gasteiger partial charge in [-0.1, -0.05) is 6.42 Å². The van der Waals surface area contributed by atoms with Crippen LogP contribution in [0.5, 0.6) is 0 Å². The summed E-state index contributed by atoms with van der Waals surface area (Å²) in [7, 11) is 0. The molecule has 1 saturated carbocycles. The summed E-state index contributed by atoms with van der Waals surface area (Å²) in [6.45, 7) is 10.2. The van der Waals surface area contributed by atoms with Crippen molar-refractivity contribution >= 4 is 11.9 Å². The molecule has 28 heavy (non-hydrogen) atoms. The molecule has 0 radical (unpaired) electrons. The van der Waals surface area contributed by atoms with Crippen molar-refractivity contribution in [3.63, 3.8) is 0 Å². The highest BCUT2D eigenvalue weighted by Crippen LogP contribution is 2.30. The van der Waals surface area contributed by atoms with Gasteiger partial charge in [0.25, 0.3) is 0 Å². The number of hydrogen-bond acceptors (Lipinski definition) is 6. The molecule has 156 valence electrons. The van der Waals surface area contributed by atoms with Gasteiger partial charge in [-0.2, -0.15) is 5.10 Å². The lowest BCUT2D eigenvalue weighted by Crippen LogP contribution is -2.53. The van der Waals surface area contributed by atoms with Crippen molar-refractivity contribution in [2.24, 2.45) is 11.7 Å². The molecule has 2 fully saturated rings. The molecule has 3 rings (SSSR count). The quantitative estimate of drug-likeness (QED) is 0.830. The number of piperidine rings is 1. The monoisotopic (exact) mass is 389 g/mol. The number of carbonyl (C=O) groups is 1. The standard InChI is InChI=1S/C21H35N5O2/c1-15(22)18-10-11-19(24-23-18)25-12-6-9-17(14-25)26(13-16-7-5-8-16)20(27)28-21(2,3)4/h10-11,15-17H,5-9,12-14,22H2,1-4H3/t15?,17-/m1/s1. The summed E-state index contributed by atoms with van der Waals surface area (Å²) < 4.78 is 5.73. The first kappa shape index (κ1) is 20.8. The Morgan fingerprint density at radius 2 is 2.04 bits per heavy atom. The molecule has 1 aromatic heterocycles. The number of carbonyl (C=O) groups excluding carboxylic acids is 1. The Balaban J connectivity index is 1.71. The Kier molecular flexibility index (Phi) is 6.43. The smallest absolute Gasteiger partial charge is 0.410 e. The fourth-order valence-electron chi connectivity index (χ4n) is 3.81. The first-order chi connectivity index (χ1) is 13.2. The summed E-state index contributed by atoms with van der Waals surface area (Å²) in [5.41, 5.74) is 6.19. The summed E-state index contributed by atoms with van der Waals surface area (Å²) in [4.78, 5) is 17.1. The normalized spacial score (nSPS) is 21.8. The molecule has 1 aromatic rings. The minimum Gasteiger partial charge on any atom is -0.444 e. The molecule has 1 amide bonds. The SMILES string of the molecule is CC(N)c1ccc(N2CCC[C@@H](N(CC3CCC3)C(=O)OC(C)(C)C)C2)nn1. The van der Waals surface area contributed by atoms with E-state index in [0.717, 1.165) is 44.0 Å². The molecule has 2 heterocycles. The molecule has 1 unspecified atom stereocenters. The number of rotatable bonds is 5. The minimum absolute atomic E-state index is 0.124. The van der Waals surface area contributed by atoms with Crippen LogP contribution >= 0.6 is 0 Å². The number of ether oxygens (including phenoxy) is 1. The van der Waals surface area contributed by atoms with Gasteiger partial charge in [-0.25, -0.2) is 4.79 Å². The van der Waals surface area contributed by atoms with Crippen LogP contribution in [0.25, 0.3) is 0 Å². The van der Waals surface area contributed by atoms with E-state index in [2.05, 4.69) is 15.1 Å². The van der Waals surface area contributed by atoms with Crippen molar-refractivity contribution in [2.75, 3.05) is 24.5 Å². The van der Waals surface area contributed by atoms with E-state index in [9.17, 15) is 4.79 Å². The van der Waals surface area contributed by atoms with E-state index in [1.54, 1.807) is 0 Å². The molecule has 2 atom stereocenters. The average molecular weight is 390 g/mol. The van der Waals surface area contributed by atoms with Crippen LogP contribution in [0, 0.1) is 5.92 Å². The van der Waals surface area contributed by atoms with E-state index < -0.39 is 5.60 Å². The Hall–Kier alpha value is -1.89. The average Bonchev–Trinajstić information content (AvgIpc) is 2.59. The second kappa shape index (κ2) is 8.64.